The first-order valence-electron chi connectivity index (χ1n) is 10.9. The van der Waals surface area contributed by atoms with Crippen LogP contribution >= 0.6 is 0 Å². The van der Waals surface area contributed by atoms with Gasteiger partial charge in [-0.3, -0.25) is 19.1 Å². The van der Waals surface area contributed by atoms with Gasteiger partial charge in [0.15, 0.2) is 5.65 Å². The van der Waals surface area contributed by atoms with Crippen molar-refractivity contribution in [3.63, 3.8) is 0 Å². The van der Waals surface area contributed by atoms with E-state index < -0.39 is 77.6 Å². The van der Waals surface area contributed by atoms with Crippen LogP contribution in [0.4, 0.5) is 32.6 Å². The van der Waals surface area contributed by atoms with E-state index in [0.29, 0.717) is 6.07 Å². The molecule has 2 amide bonds. The Labute approximate surface area is 209 Å². The third-order valence-electron chi connectivity index (χ3n) is 5.72. The number of ether oxygens (including phenoxy) is 1. The number of carboxylic acid groups (broad SMARTS) is 1. The topological polar surface area (TPSA) is 131 Å². The molecule has 2 aromatic heterocycles. The summed E-state index contributed by atoms with van der Waals surface area (Å²) in [5, 5.41) is 10.5. The standard InChI is InChI=1S/C23H17F5N4O6/c1-2-16(23(26,27)28)29-20(34)12-8-31(14-5-3-10(24)7-13(14)25)19-11(18(12)33)4-6-17(30-19)32-9-15(21(35)36)38-22(32)37/h3-8,15-16H,2,9H2,1H3,(H,29,34)(H,35,36)/t15-,16+/m1/s1. The molecule has 3 heterocycles. The number of pyridine rings is 2. The highest BCUT2D eigenvalue weighted by Gasteiger charge is 2.40. The summed E-state index contributed by atoms with van der Waals surface area (Å²) in [6, 6.07) is 2.22. The monoisotopic (exact) mass is 540 g/mol. The molecule has 4 rings (SSSR count). The predicted molar refractivity (Wildman–Crippen MR) is 120 cm³/mol. The molecule has 1 saturated heterocycles. The molecule has 0 saturated carbocycles. The number of anilines is 1. The van der Waals surface area contributed by atoms with Crippen molar-refractivity contribution in [2.45, 2.75) is 31.7 Å². The number of halogens is 5. The molecule has 0 unspecified atom stereocenters. The Kier molecular flexibility index (Phi) is 6.78. The van der Waals surface area contributed by atoms with Gasteiger partial charge in [-0.05, 0) is 30.7 Å². The van der Waals surface area contributed by atoms with Gasteiger partial charge in [0.1, 0.15) is 29.1 Å². The first kappa shape index (κ1) is 26.5. The van der Waals surface area contributed by atoms with Gasteiger partial charge in [0.25, 0.3) is 5.91 Å². The molecule has 10 nitrogen and oxygen atoms in total. The van der Waals surface area contributed by atoms with Gasteiger partial charge in [-0.15, -0.1) is 0 Å². The molecule has 200 valence electrons. The zero-order chi connectivity index (χ0) is 27.9. The Morgan fingerprint density at radius 3 is 2.50 bits per heavy atom. The van der Waals surface area contributed by atoms with Crippen molar-refractivity contribution in [3.8, 4) is 5.69 Å². The Morgan fingerprint density at radius 1 is 1.21 bits per heavy atom. The van der Waals surface area contributed by atoms with E-state index in [0.717, 1.165) is 39.9 Å². The zero-order valence-electron chi connectivity index (χ0n) is 19.3. The van der Waals surface area contributed by atoms with Crippen LogP contribution in [0.3, 0.4) is 0 Å². The average molecular weight is 540 g/mol. The smallest absolute Gasteiger partial charge is 0.416 e. The van der Waals surface area contributed by atoms with Crippen molar-refractivity contribution in [1.82, 2.24) is 14.9 Å². The minimum Gasteiger partial charge on any atom is -0.478 e. The van der Waals surface area contributed by atoms with Gasteiger partial charge in [0.2, 0.25) is 11.5 Å². The van der Waals surface area contributed by atoms with Crippen LogP contribution < -0.4 is 15.6 Å². The lowest BCUT2D eigenvalue weighted by Crippen LogP contribution is -2.46. The highest BCUT2D eigenvalue weighted by Crippen LogP contribution is 2.26. The summed E-state index contributed by atoms with van der Waals surface area (Å²) in [6.45, 7) is 0.729. The van der Waals surface area contributed by atoms with Gasteiger partial charge in [0, 0.05) is 12.3 Å². The molecule has 1 aromatic carbocycles. The van der Waals surface area contributed by atoms with Crippen LogP contribution in [-0.4, -0.2) is 57.5 Å². The number of cyclic esters (lactones) is 1. The molecule has 2 N–H and O–H groups in total. The molecule has 1 aliphatic heterocycles. The third kappa shape index (κ3) is 4.86. The lowest BCUT2D eigenvalue weighted by molar-refractivity contribution is -0.153. The van der Waals surface area contributed by atoms with E-state index in [2.05, 4.69) is 4.98 Å². The van der Waals surface area contributed by atoms with E-state index in [1.165, 1.54) is 6.92 Å². The van der Waals surface area contributed by atoms with Crippen molar-refractivity contribution in [2.75, 3.05) is 11.4 Å². The minimum atomic E-state index is -4.81. The second-order valence-electron chi connectivity index (χ2n) is 8.18. The van der Waals surface area contributed by atoms with Gasteiger partial charge < -0.3 is 15.2 Å². The second kappa shape index (κ2) is 9.72. The van der Waals surface area contributed by atoms with Gasteiger partial charge in [-0.1, -0.05) is 6.92 Å². The molecule has 38 heavy (non-hydrogen) atoms. The summed E-state index contributed by atoms with van der Waals surface area (Å²) in [6.07, 6.45) is -7.17. The Hall–Kier alpha value is -4.56. The summed E-state index contributed by atoms with van der Waals surface area (Å²) in [5.41, 5.74) is -2.63. The van der Waals surface area contributed by atoms with Crippen molar-refractivity contribution >= 4 is 34.8 Å². The summed E-state index contributed by atoms with van der Waals surface area (Å²) in [7, 11) is 0. The maximum absolute atomic E-state index is 14.8. The van der Waals surface area contributed by atoms with Crippen LogP contribution in [0.25, 0.3) is 16.7 Å². The van der Waals surface area contributed by atoms with E-state index in [-0.39, 0.29) is 16.9 Å². The molecular weight excluding hydrogens is 523 g/mol. The number of carbonyl (C=O) groups excluding carboxylic acids is 2. The number of benzene rings is 1. The van der Waals surface area contributed by atoms with Gasteiger partial charge in [-0.25, -0.2) is 23.4 Å². The molecular formula is C23H17F5N4O6. The van der Waals surface area contributed by atoms with Crippen molar-refractivity contribution in [2.24, 2.45) is 0 Å². The molecule has 0 bridgehead atoms. The molecule has 1 aliphatic rings. The van der Waals surface area contributed by atoms with E-state index in [1.54, 1.807) is 5.32 Å². The number of nitrogens with zero attached hydrogens (tertiary/aromatic N) is 3. The third-order valence-corrected chi connectivity index (χ3v) is 5.72. The predicted octanol–water partition coefficient (Wildman–Crippen LogP) is 3.14. The molecule has 3 aromatic rings. The summed E-state index contributed by atoms with van der Waals surface area (Å²) < 4.78 is 73.5. The van der Waals surface area contributed by atoms with E-state index in [1.807, 2.05) is 0 Å². The lowest BCUT2D eigenvalue weighted by atomic mass is 10.1. The van der Waals surface area contributed by atoms with E-state index in [9.17, 15) is 41.1 Å². The Morgan fingerprint density at radius 2 is 1.92 bits per heavy atom. The van der Waals surface area contributed by atoms with Crippen LogP contribution in [0, 0.1) is 11.6 Å². The number of alkyl halides is 3. The number of aromatic nitrogens is 2. The van der Waals surface area contributed by atoms with Crippen LogP contribution in [0.5, 0.6) is 0 Å². The molecule has 1 fully saturated rings. The Balaban J connectivity index is 1.91. The lowest BCUT2D eigenvalue weighted by Gasteiger charge is -2.21. The molecule has 0 radical (unpaired) electrons. The number of aliphatic carboxylic acids is 1. The minimum absolute atomic E-state index is 0.206. The molecule has 0 aliphatic carbocycles. The summed E-state index contributed by atoms with van der Waals surface area (Å²) in [4.78, 5) is 54.2. The number of hydrogen-bond acceptors (Lipinski definition) is 6. The highest BCUT2D eigenvalue weighted by molar-refractivity contribution is 5.98. The fourth-order valence-electron chi connectivity index (χ4n) is 3.80. The molecule has 0 spiro atoms. The summed E-state index contributed by atoms with van der Waals surface area (Å²) in [5.74, 6) is -5.15. The number of carbonyl (C=O) groups is 3. The SMILES string of the molecule is CC[C@H](NC(=O)c1cn(-c2ccc(F)cc2F)c2nc(N3C[C@H](C(=O)O)OC3=O)ccc2c1=O)C(F)(F)F. The normalized spacial score (nSPS) is 16.4. The maximum atomic E-state index is 14.8. The zero-order valence-corrected chi connectivity index (χ0v) is 19.3. The van der Waals surface area contributed by atoms with Crippen LogP contribution in [0.1, 0.15) is 23.7 Å². The highest BCUT2D eigenvalue weighted by atomic mass is 19.4. The van der Waals surface area contributed by atoms with Crippen LogP contribution in [0.2, 0.25) is 0 Å². The largest absolute Gasteiger partial charge is 0.478 e. The fraction of sp³-hybridized carbons (Fsp3) is 0.261. The van der Waals surface area contributed by atoms with Crippen LogP contribution in [-0.2, 0) is 9.53 Å². The second-order valence-corrected chi connectivity index (χ2v) is 8.18. The number of amides is 2. The molecule has 2 atom stereocenters. The van der Waals surface area contributed by atoms with Gasteiger partial charge in [0.05, 0.1) is 17.6 Å². The number of hydrogen-bond donors (Lipinski definition) is 2. The average Bonchev–Trinajstić information content (AvgIpc) is 3.24. The van der Waals surface area contributed by atoms with Gasteiger partial charge >= 0.3 is 18.2 Å². The van der Waals surface area contributed by atoms with Crippen molar-refractivity contribution < 1.29 is 46.2 Å². The number of nitrogens with one attached hydrogen (secondary N) is 1. The fourth-order valence-corrected chi connectivity index (χ4v) is 3.80. The number of rotatable bonds is 6. The van der Waals surface area contributed by atoms with E-state index >= 15 is 0 Å². The Bertz CT molecular complexity index is 1520. The first-order valence-corrected chi connectivity index (χ1v) is 10.9. The van der Waals surface area contributed by atoms with E-state index in [4.69, 9.17) is 9.84 Å². The number of fused-ring (bicyclic) bond motifs is 1. The van der Waals surface area contributed by atoms with Crippen molar-refractivity contribution in [3.05, 3.63) is 63.9 Å². The maximum Gasteiger partial charge on any atom is 0.416 e. The quantitative estimate of drug-likeness (QED) is 0.460. The summed E-state index contributed by atoms with van der Waals surface area (Å²) >= 11 is 0. The van der Waals surface area contributed by atoms with Crippen molar-refractivity contribution in [1.29, 1.82) is 0 Å². The molecule has 15 heteroatoms. The first-order chi connectivity index (χ1) is 17.8. The number of carboxylic acids is 1. The van der Waals surface area contributed by atoms with Crippen LogP contribution in [0.15, 0.2) is 41.3 Å². The van der Waals surface area contributed by atoms with Gasteiger partial charge in [-0.2, -0.15) is 13.2 Å².